The van der Waals surface area contributed by atoms with Crippen molar-refractivity contribution in [3.05, 3.63) is 77.0 Å². The summed E-state index contributed by atoms with van der Waals surface area (Å²) in [4.78, 5) is 31.5. The minimum absolute atomic E-state index is 0.208. The van der Waals surface area contributed by atoms with Gasteiger partial charge in [-0.1, -0.05) is 17.4 Å². The molecule has 0 saturated heterocycles. The van der Waals surface area contributed by atoms with Gasteiger partial charge in [-0.2, -0.15) is 0 Å². The molecule has 3 aromatic rings. The quantitative estimate of drug-likeness (QED) is 0.633. The van der Waals surface area contributed by atoms with Crippen molar-refractivity contribution in [3.8, 4) is 0 Å². The Kier molecular flexibility index (Phi) is 4.45. The Labute approximate surface area is 162 Å². The zero-order valence-electron chi connectivity index (χ0n) is 14.9. The van der Waals surface area contributed by atoms with Crippen LogP contribution in [0.2, 0.25) is 0 Å². The summed E-state index contributed by atoms with van der Waals surface area (Å²) in [7, 11) is 1.33. The van der Waals surface area contributed by atoms with E-state index in [-0.39, 0.29) is 5.56 Å². The Balaban J connectivity index is 1.98. The van der Waals surface area contributed by atoms with Gasteiger partial charge >= 0.3 is 5.97 Å². The molecule has 1 atom stereocenters. The number of methoxy groups -OCH3 is 1. The average molecular weight is 400 g/mol. The third kappa shape index (κ3) is 3.00. The number of carbonyl (C=O) groups excluding carboxylic acids is 1. The molecule has 0 fully saturated rings. The molecule has 1 aliphatic rings. The second-order valence-electron chi connectivity index (χ2n) is 6.04. The van der Waals surface area contributed by atoms with Crippen molar-refractivity contribution in [1.29, 1.82) is 0 Å². The molecular formula is C19H16N2O4S2. The standard InChI is InChI=1S/C19H16N2O4S2/c1-10-6-7-12(25-10)9-14-17(22)21-16(13-5-4-8-26-13)15(18(23)24-3)11(2)20-19(21)27-14/h4-9,16H,1-3H3/b14-9-. The summed E-state index contributed by atoms with van der Waals surface area (Å²) in [5.41, 5.74) is 0.731. The number of nitrogens with zero attached hydrogens (tertiary/aromatic N) is 2. The second kappa shape index (κ2) is 6.79. The number of ether oxygens (including phenoxy) is 1. The van der Waals surface area contributed by atoms with E-state index in [1.807, 2.05) is 36.6 Å². The number of hydrogen-bond acceptors (Lipinski definition) is 7. The molecule has 4 rings (SSSR count). The Morgan fingerprint density at radius 2 is 2.15 bits per heavy atom. The van der Waals surface area contributed by atoms with Gasteiger partial charge in [-0.05, 0) is 37.4 Å². The average Bonchev–Trinajstić information content (AvgIpc) is 3.36. The van der Waals surface area contributed by atoms with Gasteiger partial charge < -0.3 is 9.15 Å². The van der Waals surface area contributed by atoms with Crippen molar-refractivity contribution in [2.45, 2.75) is 19.9 Å². The molecule has 3 aromatic heterocycles. The maximum atomic E-state index is 13.2. The first-order valence-electron chi connectivity index (χ1n) is 8.20. The first-order valence-corrected chi connectivity index (χ1v) is 9.90. The predicted molar refractivity (Wildman–Crippen MR) is 104 cm³/mol. The SMILES string of the molecule is COC(=O)C1=C(C)N=c2s/c(=C\c3ccc(C)o3)c(=O)n2C1c1cccs1. The first-order chi connectivity index (χ1) is 13.0. The second-order valence-corrected chi connectivity index (χ2v) is 8.03. The van der Waals surface area contributed by atoms with Crippen LogP contribution in [0.4, 0.5) is 0 Å². The highest BCUT2D eigenvalue weighted by Crippen LogP contribution is 2.32. The van der Waals surface area contributed by atoms with E-state index < -0.39 is 12.0 Å². The Hall–Kier alpha value is -2.71. The van der Waals surface area contributed by atoms with Gasteiger partial charge in [0.15, 0.2) is 4.80 Å². The van der Waals surface area contributed by atoms with Crippen molar-refractivity contribution in [3.63, 3.8) is 0 Å². The third-order valence-electron chi connectivity index (χ3n) is 4.27. The molecule has 1 unspecified atom stereocenters. The highest BCUT2D eigenvalue weighted by atomic mass is 32.1. The van der Waals surface area contributed by atoms with Crippen LogP contribution in [-0.2, 0) is 9.53 Å². The van der Waals surface area contributed by atoms with Crippen LogP contribution in [0.1, 0.15) is 29.4 Å². The largest absolute Gasteiger partial charge is 0.466 e. The highest BCUT2D eigenvalue weighted by molar-refractivity contribution is 7.10. The molecule has 4 heterocycles. The number of hydrogen-bond donors (Lipinski definition) is 0. The van der Waals surface area contributed by atoms with Crippen LogP contribution in [0, 0.1) is 6.92 Å². The number of thiazole rings is 1. The van der Waals surface area contributed by atoms with Crippen LogP contribution in [0.15, 0.2) is 55.1 Å². The maximum absolute atomic E-state index is 13.2. The third-order valence-corrected chi connectivity index (χ3v) is 6.18. The molecular weight excluding hydrogens is 384 g/mol. The fourth-order valence-electron chi connectivity index (χ4n) is 3.07. The van der Waals surface area contributed by atoms with E-state index in [9.17, 15) is 9.59 Å². The normalized spacial score (nSPS) is 17.0. The molecule has 8 heteroatoms. The molecule has 0 amide bonds. The fourth-order valence-corrected chi connectivity index (χ4v) is 4.92. The molecule has 0 spiro atoms. The number of aryl methyl sites for hydroxylation is 1. The summed E-state index contributed by atoms with van der Waals surface area (Å²) >= 11 is 2.76. The van der Waals surface area contributed by atoms with Crippen molar-refractivity contribution < 1.29 is 13.9 Å². The smallest absolute Gasteiger partial charge is 0.338 e. The summed E-state index contributed by atoms with van der Waals surface area (Å²) in [6.45, 7) is 3.61. The van der Waals surface area contributed by atoms with Gasteiger partial charge in [0.2, 0.25) is 0 Å². The molecule has 0 aliphatic carbocycles. The number of esters is 1. The van der Waals surface area contributed by atoms with Gasteiger partial charge in [0.1, 0.15) is 17.6 Å². The van der Waals surface area contributed by atoms with Gasteiger partial charge in [-0.15, -0.1) is 11.3 Å². The Bertz CT molecular complexity index is 1230. The van der Waals surface area contributed by atoms with Gasteiger partial charge in [0, 0.05) is 11.0 Å². The molecule has 138 valence electrons. The van der Waals surface area contributed by atoms with Crippen LogP contribution < -0.4 is 14.9 Å². The van der Waals surface area contributed by atoms with Crippen molar-refractivity contribution >= 4 is 34.7 Å². The lowest BCUT2D eigenvalue weighted by molar-refractivity contribution is -0.136. The molecule has 0 bridgehead atoms. The number of carbonyl (C=O) groups is 1. The van der Waals surface area contributed by atoms with Crippen molar-refractivity contribution in [1.82, 2.24) is 4.57 Å². The lowest BCUT2D eigenvalue weighted by Gasteiger charge is -2.22. The van der Waals surface area contributed by atoms with Crippen LogP contribution in [0.25, 0.3) is 6.08 Å². The lowest BCUT2D eigenvalue weighted by atomic mass is 10.0. The molecule has 6 nitrogen and oxygen atoms in total. The number of rotatable bonds is 3. The minimum Gasteiger partial charge on any atom is -0.466 e. The molecule has 0 N–H and O–H groups in total. The van der Waals surface area contributed by atoms with E-state index in [0.717, 1.165) is 10.6 Å². The van der Waals surface area contributed by atoms with Gasteiger partial charge in [-0.3, -0.25) is 9.36 Å². The summed E-state index contributed by atoms with van der Waals surface area (Å²) in [5, 5.41) is 1.92. The number of allylic oxidation sites excluding steroid dienone is 1. The molecule has 0 radical (unpaired) electrons. The number of furan rings is 1. The van der Waals surface area contributed by atoms with Gasteiger partial charge in [-0.25, -0.2) is 9.79 Å². The van der Waals surface area contributed by atoms with Gasteiger partial charge in [0.25, 0.3) is 5.56 Å². The van der Waals surface area contributed by atoms with E-state index in [1.165, 1.54) is 29.8 Å². The fraction of sp³-hybridized carbons (Fsp3) is 0.211. The zero-order chi connectivity index (χ0) is 19.1. The van der Waals surface area contributed by atoms with E-state index in [1.54, 1.807) is 17.6 Å². The van der Waals surface area contributed by atoms with Crippen LogP contribution >= 0.6 is 22.7 Å². The number of aromatic nitrogens is 1. The van der Waals surface area contributed by atoms with Crippen molar-refractivity contribution in [2.24, 2.45) is 4.99 Å². The van der Waals surface area contributed by atoms with Crippen molar-refractivity contribution in [2.75, 3.05) is 7.11 Å². The van der Waals surface area contributed by atoms with E-state index in [4.69, 9.17) is 9.15 Å². The highest BCUT2D eigenvalue weighted by Gasteiger charge is 2.33. The lowest BCUT2D eigenvalue weighted by Crippen LogP contribution is -2.39. The Morgan fingerprint density at radius 1 is 1.33 bits per heavy atom. The van der Waals surface area contributed by atoms with E-state index in [0.29, 0.717) is 26.4 Å². The summed E-state index contributed by atoms with van der Waals surface area (Å²) in [6.07, 6.45) is 1.71. The Morgan fingerprint density at radius 3 is 2.78 bits per heavy atom. The van der Waals surface area contributed by atoms with Crippen LogP contribution in [0.5, 0.6) is 0 Å². The number of thiophene rings is 1. The van der Waals surface area contributed by atoms with Crippen LogP contribution in [0.3, 0.4) is 0 Å². The monoisotopic (exact) mass is 400 g/mol. The molecule has 27 heavy (non-hydrogen) atoms. The number of fused-ring (bicyclic) bond motifs is 1. The first kappa shape index (κ1) is 17.7. The van der Waals surface area contributed by atoms with Gasteiger partial charge in [0.05, 0.1) is 22.9 Å². The molecule has 0 saturated carbocycles. The minimum atomic E-state index is -0.547. The van der Waals surface area contributed by atoms with E-state index >= 15 is 0 Å². The predicted octanol–water partition coefficient (Wildman–Crippen LogP) is 2.37. The molecule has 0 aromatic carbocycles. The van der Waals surface area contributed by atoms with E-state index in [2.05, 4.69) is 4.99 Å². The summed E-state index contributed by atoms with van der Waals surface area (Å²) < 4.78 is 12.6. The zero-order valence-corrected chi connectivity index (χ0v) is 16.5. The summed E-state index contributed by atoms with van der Waals surface area (Å²) in [5.74, 6) is 0.897. The topological polar surface area (TPSA) is 73.8 Å². The van der Waals surface area contributed by atoms with Crippen LogP contribution in [-0.4, -0.2) is 17.6 Å². The summed E-state index contributed by atoms with van der Waals surface area (Å²) in [6, 6.07) is 6.91. The molecule has 1 aliphatic heterocycles. The maximum Gasteiger partial charge on any atom is 0.338 e.